The smallest absolute Gasteiger partial charge is 0.307 e. The number of rotatable bonds is 3. The van der Waals surface area contributed by atoms with Crippen LogP contribution in [-0.2, 0) is 19.2 Å². The monoisotopic (exact) mass is 330 g/mol. The van der Waals surface area contributed by atoms with Crippen molar-refractivity contribution in [1.29, 1.82) is 0 Å². The second-order valence-electron chi connectivity index (χ2n) is 7.49. The first-order valence-electron chi connectivity index (χ1n) is 8.38. The summed E-state index contributed by atoms with van der Waals surface area (Å²) in [5.74, 6) is -4.69. The van der Waals surface area contributed by atoms with Gasteiger partial charge in [-0.25, -0.2) is 0 Å². The fourth-order valence-corrected chi connectivity index (χ4v) is 4.93. The fraction of sp³-hybridized carbons (Fsp3) is 0.579. The van der Waals surface area contributed by atoms with Gasteiger partial charge in [-0.2, -0.15) is 0 Å². The van der Waals surface area contributed by atoms with E-state index in [1.54, 1.807) is 6.08 Å². The average Bonchev–Trinajstić information content (AvgIpc) is 2.68. The van der Waals surface area contributed by atoms with Crippen molar-refractivity contribution in [2.75, 3.05) is 0 Å². The van der Waals surface area contributed by atoms with Gasteiger partial charge in [0.15, 0.2) is 5.78 Å². The Kier molecular flexibility index (Phi) is 4.06. The molecule has 2 saturated carbocycles. The molecule has 0 amide bonds. The quantitative estimate of drug-likeness (QED) is 0.802. The Hall–Kier alpha value is -2.04. The van der Waals surface area contributed by atoms with E-state index < -0.39 is 35.6 Å². The summed E-state index contributed by atoms with van der Waals surface area (Å²) >= 11 is 0. The minimum Gasteiger partial charge on any atom is -0.481 e. The van der Waals surface area contributed by atoms with Gasteiger partial charge in [0.1, 0.15) is 11.6 Å². The Labute approximate surface area is 140 Å². The number of hydrogen-bond donors (Lipinski definition) is 1. The predicted molar refractivity (Wildman–Crippen MR) is 86.0 cm³/mol. The molecule has 6 atom stereocenters. The molecule has 6 unspecified atom stereocenters. The minimum absolute atomic E-state index is 0.0472. The number of fused-ring (bicyclic) bond motifs is 1. The summed E-state index contributed by atoms with van der Waals surface area (Å²) in [5, 5.41) is 9.79. The molecule has 5 nitrogen and oxygen atoms in total. The maximum atomic E-state index is 12.8. The number of allylic oxidation sites excluding steroid dienone is 3. The lowest BCUT2D eigenvalue weighted by Crippen LogP contribution is -2.44. The summed E-state index contributed by atoms with van der Waals surface area (Å²) in [6, 6.07) is 0. The molecule has 0 aromatic heterocycles. The summed E-state index contributed by atoms with van der Waals surface area (Å²) in [5.41, 5.74) is 1.21. The van der Waals surface area contributed by atoms with Crippen molar-refractivity contribution in [3.05, 3.63) is 23.8 Å². The molecule has 0 aromatic carbocycles. The van der Waals surface area contributed by atoms with Crippen molar-refractivity contribution in [3.63, 3.8) is 0 Å². The van der Waals surface area contributed by atoms with Crippen LogP contribution < -0.4 is 0 Å². The zero-order valence-corrected chi connectivity index (χ0v) is 14.0. The number of Topliss-reactive ketones (excluding diaryl/α,β-unsaturated/α-hetero) is 3. The van der Waals surface area contributed by atoms with Gasteiger partial charge >= 0.3 is 5.97 Å². The van der Waals surface area contributed by atoms with Gasteiger partial charge in [-0.3, -0.25) is 19.2 Å². The van der Waals surface area contributed by atoms with Gasteiger partial charge in [-0.15, -0.1) is 0 Å². The Morgan fingerprint density at radius 2 is 1.83 bits per heavy atom. The Bertz CT molecular complexity index is 686. The standard InChI is InChI=1S/C19H22O5/c1-8(2)10-4-13-16(19(23)24)11-5-12(9(3)20)17(15(22)7-11)18(13)14(21)6-10/h5,10-11,13,16-18H,1,4,6-7H2,2-3H3,(H,23,24). The van der Waals surface area contributed by atoms with Crippen LogP contribution in [0, 0.1) is 35.5 Å². The van der Waals surface area contributed by atoms with Gasteiger partial charge in [0.25, 0.3) is 0 Å². The third-order valence-corrected chi connectivity index (χ3v) is 6.02. The van der Waals surface area contributed by atoms with Gasteiger partial charge in [-0.1, -0.05) is 18.2 Å². The number of carbonyl (C=O) groups is 4. The van der Waals surface area contributed by atoms with E-state index in [0.717, 1.165) is 5.57 Å². The molecular weight excluding hydrogens is 308 g/mol. The molecule has 2 fully saturated rings. The lowest BCUT2D eigenvalue weighted by molar-refractivity contribution is -0.148. The minimum atomic E-state index is -0.986. The van der Waals surface area contributed by atoms with Gasteiger partial charge in [0, 0.05) is 24.3 Å². The van der Waals surface area contributed by atoms with E-state index in [0.29, 0.717) is 12.0 Å². The first-order chi connectivity index (χ1) is 11.2. The molecule has 4 aliphatic carbocycles. The van der Waals surface area contributed by atoms with Gasteiger partial charge in [0.2, 0.25) is 0 Å². The van der Waals surface area contributed by atoms with Crippen molar-refractivity contribution in [2.24, 2.45) is 35.5 Å². The zero-order chi connectivity index (χ0) is 17.8. The van der Waals surface area contributed by atoms with Gasteiger partial charge in [0.05, 0.1) is 11.8 Å². The van der Waals surface area contributed by atoms with Crippen LogP contribution in [0.5, 0.6) is 0 Å². The highest BCUT2D eigenvalue weighted by Crippen LogP contribution is 2.52. The summed E-state index contributed by atoms with van der Waals surface area (Å²) < 4.78 is 0. The van der Waals surface area contributed by atoms with E-state index in [9.17, 15) is 24.3 Å². The Balaban J connectivity index is 2.14. The molecule has 0 aromatic rings. The molecule has 5 heteroatoms. The van der Waals surface area contributed by atoms with Crippen molar-refractivity contribution in [1.82, 2.24) is 0 Å². The third-order valence-electron chi connectivity index (χ3n) is 6.02. The van der Waals surface area contributed by atoms with Crippen molar-refractivity contribution < 1.29 is 24.3 Å². The molecule has 2 bridgehead atoms. The summed E-state index contributed by atoms with van der Waals surface area (Å²) in [7, 11) is 0. The second kappa shape index (κ2) is 5.80. The molecule has 0 spiro atoms. The number of ketones is 3. The molecule has 0 aliphatic heterocycles. The maximum absolute atomic E-state index is 12.8. The lowest BCUT2D eigenvalue weighted by Gasteiger charge is -2.39. The van der Waals surface area contributed by atoms with E-state index in [2.05, 4.69) is 6.58 Å². The summed E-state index contributed by atoms with van der Waals surface area (Å²) in [4.78, 5) is 49.4. The maximum Gasteiger partial charge on any atom is 0.307 e. The normalized spacial score (nSPS) is 38.2. The highest BCUT2D eigenvalue weighted by Gasteiger charge is 2.56. The second-order valence-corrected chi connectivity index (χ2v) is 7.49. The van der Waals surface area contributed by atoms with Crippen LogP contribution >= 0.6 is 0 Å². The van der Waals surface area contributed by atoms with Crippen LogP contribution in [0.25, 0.3) is 0 Å². The highest BCUT2D eigenvalue weighted by molar-refractivity contribution is 6.05. The van der Waals surface area contributed by atoms with E-state index >= 15 is 0 Å². The van der Waals surface area contributed by atoms with E-state index in [4.69, 9.17) is 0 Å². The highest BCUT2D eigenvalue weighted by atomic mass is 16.4. The fourth-order valence-electron chi connectivity index (χ4n) is 4.93. The van der Waals surface area contributed by atoms with E-state index in [1.807, 2.05) is 6.92 Å². The molecule has 24 heavy (non-hydrogen) atoms. The van der Waals surface area contributed by atoms with Crippen LogP contribution in [0.4, 0.5) is 0 Å². The van der Waals surface area contributed by atoms with E-state index in [1.165, 1.54) is 6.92 Å². The molecule has 128 valence electrons. The van der Waals surface area contributed by atoms with E-state index in [-0.39, 0.29) is 36.1 Å². The van der Waals surface area contributed by atoms with Gasteiger partial charge < -0.3 is 5.11 Å². The largest absolute Gasteiger partial charge is 0.481 e. The molecular formula is C19H22O5. The van der Waals surface area contributed by atoms with Crippen LogP contribution in [0.3, 0.4) is 0 Å². The third kappa shape index (κ3) is 2.46. The summed E-state index contributed by atoms with van der Waals surface area (Å²) in [6.45, 7) is 7.16. The predicted octanol–water partition coefficient (Wildman–Crippen LogP) is 2.21. The van der Waals surface area contributed by atoms with Crippen LogP contribution in [0.2, 0.25) is 0 Å². The zero-order valence-electron chi connectivity index (χ0n) is 14.0. The van der Waals surface area contributed by atoms with Crippen LogP contribution in [0.15, 0.2) is 23.8 Å². The topological polar surface area (TPSA) is 88.5 Å². The van der Waals surface area contributed by atoms with Crippen molar-refractivity contribution in [3.8, 4) is 0 Å². The molecule has 0 saturated heterocycles. The van der Waals surface area contributed by atoms with Gasteiger partial charge in [-0.05, 0) is 38.0 Å². The molecule has 0 radical (unpaired) electrons. The summed E-state index contributed by atoms with van der Waals surface area (Å²) in [6.07, 6.45) is 2.59. The van der Waals surface area contributed by atoms with Crippen molar-refractivity contribution >= 4 is 23.3 Å². The number of carbonyl (C=O) groups excluding carboxylic acids is 3. The lowest BCUT2D eigenvalue weighted by atomic mass is 9.62. The molecule has 4 aliphatic rings. The number of aliphatic carboxylic acids is 1. The molecule has 0 heterocycles. The van der Waals surface area contributed by atoms with Crippen LogP contribution in [0.1, 0.15) is 33.1 Å². The first-order valence-corrected chi connectivity index (χ1v) is 8.38. The molecule has 1 N–H and O–H groups in total. The number of carboxylic acid groups (broad SMARTS) is 1. The number of hydrogen-bond acceptors (Lipinski definition) is 4. The van der Waals surface area contributed by atoms with Crippen molar-refractivity contribution in [2.45, 2.75) is 33.1 Å². The Morgan fingerprint density at radius 1 is 1.17 bits per heavy atom. The average molecular weight is 330 g/mol. The SMILES string of the molecule is C=C(C)C1CC(=O)C2C3C(=O)CC(C=C3C(C)=O)C(C(=O)O)C2C1. The van der Waals surface area contributed by atoms with Crippen LogP contribution in [-0.4, -0.2) is 28.4 Å². The molecule has 4 rings (SSSR count). The Morgan fingerprint density at radius 3 is 2.38 bits per heavy atom. The first kappa shape index (κ1) is 16.8. The number of carboxylic acids is 1.